The molecular formula is C18H22INO3S. The maximum absolute atomic E-state index is 8.67. The first-order valence-electron chi connectivity index (χ1n) is 7.96. The van der Waals surface area contributed by atoms with E-state index in [0.29, 0.717) is 6.04 Å². The molecule has 1 heterocycles. The van der Waals surface area contributed by atoms with Crippen LogP contribution in [-0.2, 0) is 11.4 Å². The van der Waals surface area contributed by atoms with Gasteiger partial charge in [0.25, 0.3) is 11.4 Å². The molecule has 4 nitrogen and oxygen atoms in total. The number of hydrogen-bond acceptors (Lipinski definition) is 1. The minimum Gasteiger partial charge on any atom is -0.337 e. The van der Waals surface area contributed by atoms with Gasteiger partial charge in [-0.3, -0.25) is 9.11 Å². The van der Waals surface area contributed by atoms with E-state index in [-0.39, 0.29) is 24.0 Å². The van der Waals surface area contributed by atoms with Gasteiger partial charge in [0.2, 0.25) is 0 Å². The lowest BCUT2D eigenvalue weighted by atomic mass is 9.95. The highest BCUT2D eigenvalue weighted by molar-refractivity contribution is 14.0. The lowest BCUT2D eigenvalue weighted by molar-refractivity contribution is 0.367. The summed E-state index contributed by atoms with van der Waals surface area (Å²) in [5, 5.41) is 2.81. The molecule has 0 saturated heterocycles. The van der Waals surface area contributed by atoms with Crippen molar-refractivity contribution in [2.24, 2.45) is 0 Å². The van der Waals surface area contributed by atoms with Crippen molar-refractivity contribution in [2.75, 3.05) is 0 Å². The highest BCUT2D eigenvalue weighted by atomic mass is 127. The van der Waals surface area contributed by atoms with Crippen LogP contribution in [-0.4, -0.2) is 17.9 Å². The van der Waals surface area contributed by atoms with Crippen molar-refractivity contribution in [3.05, 3.63) is 48.5 Å². The van der Waals surface area contributed by atoms with Gasteiger partial charge in [0.1, 0.15) is 0 Å². The molecule has 0 unspecified atom stereocenters. The molecule has 0 bridgehead atoms. The Kier molecular flexibility index (Phi) is 7.21. The topological polar surface area (TPSA) is 62.5 Å². The fourth-order valence-electron chi connectivity index (χ4n) is 3.69. The minimum absolute atomic E-state index is 0. The average molecular weight is 459 g/mol. The molecular weight excluding hydrogens is 437 g/mol. The van der Waals surface area contributed by atoms with Gasteiger partial charge in [0.15, 0.2) is 0 Å². The summed E-state index contributed by atoms with van der Waals surface area (Å²) in [6, 6.07) is 18.4. The Bertz CT molecular complexity index is 770. The Balaban J connectivity index is 0.000000379. The highest BCUT2D eigenvalue weighted by Gasteiger charge is 2.19. The van der Waals surface area contributed by atoms with E-state index in [0.717, 1.165) is 0 Å². The second-order valence-corrected chi connectivity index (χ2v) is 6.39. The van der Waals surface area contributed by atoms with Crippen molar-refractivity contribution in [1.29, 1.82) is 0 Å². The molecule has 4 rings (SSSR count). The molecule has 24 heavy (non-hydrogen) atoms. The van der Waals surface area contributed by atoms with Gasteiger partial charge in [0.05, 0.1) is 0 Å². The van der Waals surface area contributed by atoms with Crippen LogP contribution in [0.3, 0.4) is 0 Å². The Hall–Kier alpha value is -0.960. The van der Waals surface area contributed by atoms with Gasteiger partial charge < -0.3 is 4.57 Å². The zero-order chi connectivity index (χ0) is 16.2. The van der Waals surface area contributed by atoms with Gasteiger partial charge in [0, 0.05) is 27.8 Å². The number of rotatable bonds is 1. The molecule has 0 aliphatic heterocycles. The van der Waals surface area contributed by atoms with E-state index >= 15 is 0 Å². The van der Waals surface area contributed by atoms with E-state index in [9.17, 15) is 0 Å². The molecule has 6 heteroatoms. The second kappa shape index (κ2) is 8.94. The van der Waals surface area contributed by atoms with Gasteiger partial charge in [-0.15, -0.1) is 24.0 Å². The smallest absolute Gasteiger partial charge is 0.299 e. The third-order valence-corrected chi connectivity index (χ3v) is 4.56. The summed E-state index contributed by atoms with van der Waals surface area (Å²) in [4.78, 5) is 0. The van der Waals surface area contributed by atoms with Crippen LogP contribution in [0.2, 0.25) is 0 Å². The predicted molar refractivity (Wildman–Crippen MR) is 110 cm³/mol. The molecule has 0 atom stereocenters. The third kappa shape index (κ3) is 4.17. The molecule has 2 N–H and O–H groups in total. The number of fused-ring (bicyclic) bond motifs is 3. The quantitative estimate of drug-likeness (QED) is 0.368. The summed E-state index contributed by atoms with van der Waals surface area (Å²) >= 11 is -2.61. The van der Waals surface area contributed by atoms with E-state index in [1.807, 2.05) is 0 Å². The Morgan fingerprint density at radius 1 is 0.833 bits per heavy atom. The molecule has 1 aliphatic carbocycles. The average Bonchev–Trinajstić information content (AvgIpc) is 2.90. The van der Waals surface area contributed by atoms with Crippen LogP contribution in [0.1, 0.15) is 38.1 Å². The van der Waals surface area contributed by atoms with Gasteiger partial charge >= 0.3 is 0 Å². The fraction of sp³-hybridized carbons (Fsp3) is 0.333. The Morgan fingerprint density at radius 3 is 1.71 bits per heavy atom. The zero-order valence-electron chi connectivity index (χ0n) is 13.3. The van der Waals surface area contributed by atoms with Gasteiger partial charge in [-0.1, -0.05) is 55.7 Å². The van der Waals surface area contributed by atoms with Crippen molar-refractivity contribution in [2.45, 2.75) is 38.1 Å². The van der Waals surface area contributed by atoms with Crippen molar-refractivity contribution < 1.29 is 13.3 Å². The number of halogens is 1. The molecule has 1 aliphatic rings. The standard InChI is InChI=1S/C18H19N.HI.H2O3S/c1-2-8-14(9-3-1)19-17-12-6-4-10-15(17)16-11-5-7-13-18(16)19;;1-4(2)3/h4-7,10-14H,1-3,8-9H2;1H;(H2,1,2,3). The van der Waals surface area contributed by atoms with Crippen LogP contribution in [0.5, 0.6) is 0 Å². The van der Waals surface area contributed by atoms with Crippen molar-refractivity contribution in [3.63, 3.8) is 0 Å². The van der Waals surface area contributed by atoms with Gasteiger partial charge in [-0.25, -0.2) is 0 Å². The number of hydrogen-bond donors (Lipinski definition) is 2. The SMILES string of the molecule is I.O=S(O)O.c1ccc2c(c1)c1ccccc1n2C1CCCCC1. The van der Waals surface area contributed by atoms with Crippen molar-refractivity contribution in [3.8, 4) is 0 Å². The molecule has 3 aromatic rings. The monoisotopic (exact) mass is 459 g/mol. The van der Waals surface area contributed by atoms with E-state index in [2.05, 4.69) is 53.1 Å². The summed E-state index contributed by atoms with van der Waals surface area (Å²) in [6.45, 7) is 0. The lowest BCUT2D eigenvalue weighted by Gasteiger charge is -2.25. The lowest BCUT2D eigenvalue weighted by Crippen LogP contribution is -2.12. The highest BCUT2D eigenvalue weighted by Crippen LogP contribution is 2.37. The fourth-order valence-corrected chi connectivity index (χ4v) is 3.69. The first-order chi connectivity index (χ1) is 11.2. The summed E-state index contributed by atoms with van der Waals surface area (Å²) in [5.74, 6) is 0. The summed E-state index contributed by atoms with van der Waals surface area (Å²) in [7, 11) is 0. The van der Waals surface area contributed by atoms with Crippen molar-refractivity contribution >= 4 is 57.1 Å². The number of aromatic nitrogens is 1. The van der Waals surface area contributed by atoms with E-state index < -0.39 is 11.4 Å². The maximum atomic E-state index is 8.67. The van der Waals surface area contributed by atoms with E-state index in [1.54, 1.807) is 0 Å². The number of para-hydroxylation sites is 2. The first-order valence-corrected chi connectivity index (χ1v) is 9.02. The molecule has 0 spiro atoms. The molecule has 0 radical (unpaired) electrons. The molecule has 1 saturated carbocycles. The van der Waals surface area contributed by atoms with Gasteiger partial charge in [-0.2, -0.15) is 4.21 Å². The molecule has 0 amide bonds. The third-order valence-electron chi connectivity index (χ3n) is 4.56. The molecule has 1 aromatic heterocycles. The summed E-state index contributed by atoms with van der Waals surface area (Å²) in [5.41, 5.74) is 2.83. The first kappa shape index (κ1) is 19.4. The van der Waals surface area contributed by atoms with E-state index in [1.165, 1.54) is 53.9 Å². The Morgan fingerprint density at radius 2 is 1.25 bits per heavy atom. The van der Waals surface area contributed by atoms with Crippen LogP contribution in [0.25, 0.3) is 21.8 Å². The number of benzene rings is 2. The molecule has 130 valence electrons. The van der Waals surface area contributed by atoms with Crippen LogP contribution in [0.4, 0.5) is 0 Å². The summed E-state index contributed by atoms with van der Waals surface area (Å²) in [6.07, 6.45) is 6.84. The van der Waals surface area contributed by atoms with E-state index in [4.69, 9.17) is 13.3 Å². The van der Waals surface area contributed by atoms with Crippen LogP contribution in [0.15, 0.2) is 48.5 Å². The van der Waals surface area contributed by atoms with Gasteiger partial charge in [-0.05, 0) is 25.0 Å². The van der Waals surface area contributed by atoms with Crippen LogP contribution in [0, 0.1) is 0 Å². The summed E-state index contributed by atoms with van der Waals surface area (Å²) < 4.78 is 25.4. The zero-order valence-corrected chi connectivity index (χ0v) is 16.4. The predicted octanol–water partition coefficient (Wildman–Crippen LogP) is 5.60. The second-order valence-electron chi connectivity index (χ2n) is 5.93. The maximum Gasteiger partial charge on any atom is 0.299 e. The normalized spacial score (nSPS) is 15.1. The Labute approximate surface area is 161 Å². The van der Waals surface area contributed by atoms with Crippen molar-refractivity contribution in [1.82, 2.24) is 4.57 Å². The van der Waals surface area contributed by atoms with Crippen LogP contribution < -0.4 is 0 Å². The largest absolute Gasteiger partial charge is 0.337 e. The minimum atomic E-state index is -2.61. The van der Waals surface area contributed by atoms with Crippen LogP contribution >= 0.6 is 24.0 Å². The molecule has 2 aromatic carbocycles. The number of nitrogens with zero attached hydrogens (tertiary/aromatic N) is 1. The molecule has 1 fully saturated rings.